The van der Waals surface area contributed by atoms with Crippen LogP contribution in [0.5, 0.6) is 0 Å². The van der Waals surface area contributed by atoms with Crippen molar-refractivity contribution < 1.29 is 0 Å². The molecule has 2 fully saturated rings. The molecule has 2 aliphatic rings. The number of aromatic nitrogens is 3. The highest BCUT2D eigenvalue weighted by Crippen LogP contribution is 2.31. The van der Waals surface area contributed by atoms with Crippen LogP contribution in [0.2, 0.25) is 0 Å². The predicted molar refractivity (Wildman–Crippen MR) is 109 cm³/mol. The van der Waals surface area contributed by atoms with Gasteiger partial charge in [0.05, 0.1) is 6.54 Å². The molecule has 1 saturated carbocycles. The van der Waals surface area contributed by atoms with E-state index < -0.39 is 0 Å². The number of hydrogen-bond acceptors (Lipinski definition) is 4. The maximum Gasteiger partial charge on any atom is 0.191 e. The molecule has 0 amide bonds. The monoisotopic (exact) mass is 455 g/mol. The lowest BCUT2D eigenvalue weighted by Crippen LogP contribution is -2.46. The average Bonchev–Trinajstić information content (AvgIpc) is 3.28. The number of hydrogen-bond donors (Lipinski definition) is 2. The summed E-state index contributed by atoms with van der Waals surface area (Å²) < 4.78 is 1.99. The lowest BCUT2D eigenvalue weighted by atomic mass is 10.1. The highest BCUT2D eigenvalue weighted by molar-refractivity contribution is 14.0. The van der Waals surface area contributed by atoms with Crippen molar-refractivity contribution in [3.05, 3.63) is 30.2 Å². The minimum atomic E-state index is 0. The highest BCUT2D eigenvalue weighted by atomic mass is 127. The number of likely N-dealkylation sites (tertiary alicyclic amines) is 1. The number of aliphatic imine (C=N–C) groups is 1. The summed E-state index contributed by atoms with van der Waals surface area (Å²) in [7, 11) is 1.82. The van der Waals surface area contributed by atoms with Crippen LogP contribution in [0.3, 0.4) is 0 Å². The van der Waals surface area contributed by atoms with Crippen molar-refractivity contribution in [2.75, 3.05) is 20.1 Å². The zero-order valence-corrected chi connectivity index (χ0v) is 17.1. The van der Waals surface area contributed by atoms with Gasteiger partial charge in [-0.1, -0.05) is 13.0 Å². The number of pyridine rings is 1. The maximum atomic E-state index is 4.37. The average molecular weight is 455 g/mol. The summed E-state index contributed by atoms with van der Waals surface area (Å²) in [5.41, 5.74) is 0.863. The molecule has 2 N–H and O–H groups in total. The number of nitrogens with zero attached hydrogens (tertiary/aromatic N) is 5. The van der Waals surface area contributed by atoms with Gasteiger partial charge in [-0.2, -0.15) is 0 Å². The summed E-state index contributed by atoms with van der Waals surface area (Å²) in [6.07, 6.45) is 4.72. The van der Waals surface area contributed by atoms with Gasteiger partial charge in [0.25, 0.3) is 0 Å². The summed E-state index contributed by atoms with van der Waals surface area (Å²) >= 11 is 0. The Labute approximate surface area is 165 Å². The lowest BCUT2D eigenvalue weighted by molar-refractivity contribution is 0.315. The van der Waals surface area contributed by atoms with Crippen LogP contribution in [0.4, 0.5) is 0 Å². The fraction of sp³-hybridized carbons (Fsp3) is 0.588. The molecule has 7 nitrogen and oxygen atoms in total. The normalized spacial score (nSPS) is 24.3. The minimum Gasteiger partial charge on any atom is -0.352 e. The molecule has 8 heteroatoms. The Kier molecular flexibility index (Phi) is 5.78. The van der Waals surface area contributed by atoms with Gasteiger partial charge in [-0.3, -0.25) is 14.3 Å². The van der Waals surface area contributed by atoms with Crippen molar-refractivity contribution in [3.63, 3.8) is 0 Å². The summed E-state index contributed by atoms with van der Waals surface area (Å²) in [5.74, 6) is 2.35. The molecule has 1 aliphatic carbocycles. The first-order valence-electron chi connectivity index (χ1n) is 8.74. The van der Waals surface area contributed by atoms with Gasteiger partial charge in [-0.05, 0) is 30.9 Å². The molecule has 2 aromatic rings. The van der Waals surface area contributed by atoms with Gasteiger partial charge >= 0.3 is 0 Å². The third-order valence-corrected chi connectivity index (χ3v) is 5.05. The van der Waals surface area contributed by atoms with E-state index in [4.69, 9.17) is 0 Å². The van der Waals surface area contributed by atoms with Gasteiger partial charge < -0.3 is 10.6 Å². The first-order valence-corrected chi connectivity index (χ1v) is 8.74. The zero-order chi connectivity index (χ0) is 16.5. The molecule has 1 saturated heterocycles. The van der Waals surface area contributed by atoms with E-state index in [1.807, 2.05) is 35.8 Å². The fourth-order valence-electron chi connectivity index (χ4n) is 3.47. The van der Waals surface area contributed by atoms with Crippen LogP contribution in [-0.2, 0) is 6.54 Å². The second kappa shape index (κ2) is 7.86. The molecule has 4 rings (SSSR count). The summed E-state index contributed by atoms with van der Waals surface area (Å²) in [5, 5.41) is 15.4. The minimum absolute atomic E-state index is 0. The Morgan fingerprint density at radius 3 is 2.88 bits per heavy atom. The van der Waals surface area contributed by atoms with Crippen LogP contribution < -0.4 is 10.6 Å². The smallest absolute Gasteiger partial charge is 0.191 e. The van der Waals surface area contributed by atoms with Crippen LogP contribution in [0.1, 0.15) is 25.6 Å². The molecule has 0 bridgehead atoms. The van der Waals surface area contributed by atoms with Crippen molar-refractivity contribution in [3.8, 4) is 0 Å². The molecule has 2 unspecified atom stereocenters. The van der Waals surface area contributed by atoms with Crippen molar-refractivity contribution in [2.45, 2.75) is 38.4 Å². The third-order valence-electron chi connectivity index (χ3n) is 5.05. The Morgan fingerprint density at radius 1 is 1.28 bits per heavy atom. The summed E-state index contributed by atoms with van der Waals surface area (Å²) in [4.78, 5) is 6.98. The van der Waals surface area contributed by atoms with Crippen LogP contribution in [-0.4, -0.2) is 57.7 Å². The van der Waals surface area contributed by atoms with E-state index in [0.717, 1.165) is 30.0 Å². The second-order valence-electron chi connectivity index (χ2n) is 6.88. The first-order chi connectivity index (χ1) is 11.7. The van der Waals surface area contributed by atoms with Crippen molar-refractivity contribution in [1.82, 2.24) is 30.1 Å². The Hall–Kier alpha value is -1.42. The predicted octanol–water partition coefficient (Wildman–Crippen LogP) is 1.49. The number of nitrogens with one attached hydrogen (secondary N) is 2. The third kappa shape index (κ3) is 4.05. The second-order valence-corrected chi connectivity index (χ2v) is 6.88. The Balaban J connectivity index is 0.00000182. The summed E-state index contributed by atoms with van der Waals surface area (Å²) in [6.45, 7) is 5.21. The molecular formula is C17H26IN7. The highest BCUT2D eigenvalue weighted by Gasteiger charge is 2.38. The molecular weight excluding hydrogens is 429 g/mol. The fourth-order valence-corrected chi connectivity index (χ4v) is 3.47. The van der Waals surface area contributed by atoms with Crippen molar-refractivity contribution in [2.24, 2.45) is 10.9 Å². The van der Waals surface area contributed by atoms with Crippen LogP contribution in [0, 0.1) is 5.92 Å². The number of halogens is 1. The van der Waals surface area contributed by atoms with Gasteiger partial charge in [0, 0.05) is 38.4 Å². The molecule has 2 atom stereocenters. The summed E-state index contributed by atoms with van der Waals surface area (Å²) in [6, 6.07) is 7.19. The topological polar surface area (TPSA) is 69.8 Å². The number of rotatable bonds is 4. The maximum absolute atomic E-state index is 4.37. The van der Waals surface area contributed by atoms with E-state index >= 15 is 0 Å². The number of fused-ring (bicyclic) bond motifs is 1. The van der Waals surface area contributed by atoms with Gasteiger partial charge in [0.1, 0.15) is 0 Å². The first kappa shape index (κ1) is 18.4. The largest absolute Gasteiger partial charge is 0.352 e. The molecule has 2 aromatic heterocycles. The zero-order valence-electron chi connectivity index (χ0n) is 14.7. The molecule has 136 valence electrons. The molecule has 3 heterocycles. The molecule has 0 spiro atoms. The van der Waals surface area contributed by atoms with Crippen LogP contribution in [0.15, 0.2) is 29.4 Å². The van der Waals surface area contributed by atoms with Crippen LogP contribution >= 0.6 is 24.0 Å². The van der Waals surface area contributed by atoms with E-state index in [9.17, 15) is 0 Å². The Bertz CT molecular complexity index is 739. The van der Waals surface area contributed by atoms with E-state index in [0.29, 0.717) is 18.5 Å². The molecule has 25 heavy (non-hydrogen) atoms. The van der Waals surface area contributed by atoms with E-state index in [2.05, 4.69) is 37.6 Å². The standard InChI is InChI=1S/C17H25N7.HI/c1-12-10-23(13-6-7-13)11-14(12)20-17(18-2)19-9-16-22-21-15-5-3-4-8-24(15)16;/h3-5,8,12-14H,6-7,9-11H2,1-2H3,(H2,18,19,20);1H. The van der Waals surface area contributed by atoms with Crippen molar-refractivity contribution >= 4 is 35.6 Å². The Morgan fingerprint density at radius 2 is 2.12 bits per heavy atom. The number of guanidine groups is 1. The van der Waals surface area contributed by atoms with E-state index in [1.165, 1.54) is 19.4 Å². The molecule has 0 radical (unpaired) electrons. The SMILES string of the molecule is CN=C(NCc1nnc2ccccn12)NC1CN(C2CC2)CC1C.I. The quantitative estimate of drug-likeness (QED) is 0.416. The van der Waals surface area contributed by atoms with Crippen molar-refractivity contribution in [1.29, 1.82) is 0 Å². The lowest BCUT2D eigenvalue weighted by Gasteiger charge is -2.20. The van der Waals surface area contributed by atoms with Gasteiger partial charge in [0.2, 0.25) is 0 Å². The molecule has 0 aromatic carbocycles. The van der Waals surface area contributed by atoms with Gasteiger partial charge in [0.15, 0.2) is 17.4 Å². The van der Waals surface area contributed by atoms with Crippen LogP contribution in [0.25, 0.3) is 5.65 Å². The van der Waals surface area contributed by atoms with E-state index in [1.54, 1.807) is 0 Å². The van der Waals surface area contributed by atoms with Gasteiger partial charge in [-0.25, -0.2) is 0 Å². The van der Waals surface area contributed by atoms with Gasteiger partial charge in [-0.15, -0.1) is 34.2 Å². The van der Waals surface area contributed by atoms with E-state index in [-0.39, 0.29) is 24.0 Å². The molecule has 1 aliphatic heterocycles.